The molecule has 2 aliphatic heterocycles. The first-order valence-electron chi connectivity index (χ1n) is 13.2. The van der Waals surface area contributed by atoms with Crippen molar-refractivity contribution in [3.63, 3.8) is 0 Å². The first-order chi connectivity index (χ1) is 16.7. The van der Waals surface area contributed by atoms with Crippen LogP contribution in [0.1, 0.15) is 62.5 Å². The second-order valence-corrected chi connectivity index (χ2v) is 12.2. The first-order valence-corrected chi connectivity index (χ1v) is 14.2. The molecule has 0 aromatic heterocycles. The van der Waals surface area contributed by atoms with Crippen LogP contribution < -0.4 is 0 Å². The Balaban J connectivity index is 1.11. The summed E-state index contributed by atoms with van der Waals surface area (Å²) in [5.74, 6) is 3.07. The van der Waals surface area contributed by atoms with Crippen LogP contribution in [0.4, 0.5) is 13.2 Å². The number of hydrogen-bond acceptors (Lipinski definition) is 3. The summed E-state index contributed by atoms with van der Waals surface area (Å²) in [4.78, 5) is 17.7. The van der Waals surface area contributed by atoms with Gasteiger partial charge in [0.05, 0.1) is 5.56 Å². The topological polar surface area (TPSA) is 23.6 Å². The van der Waals surface area contributed by atoms with Crippen molar-refractivity contribution in [1.29, 1.82) is 0 Å². The molecule has 4 aliphatic rings. The number of likely N-dealkylation sites (tertiary alicyclic amines) is 1. The van der Waals surface area contributed by atoms with Gasteiger partial charge in [-0.1, -0.05) is 30.7 Å². The third kappa shape index (κ3) is 5.46. The Morgan fingerprint density at radius 2 is 1.91 bits per heavy atom. The smallest absolute Gasteiger partial charge is 0.342 e. The van der Waals surface area contributed by atoms with Gasteiger partial charge in [0, 0.05) is 43.3 Å². The zero-order valence-electron chi connectivity index (χ0n) is 20.8. The molecule has 1 aromatic rings. The number of benzene rings is 1. The van der Waals surface area contributed by atoms with Crippen molar-refractivity contribution in [3.8, 4) is 0 Å². The summed E-state index contributed by atoms with van der Waals surface area (Å²) in [6, 6.07) is 6.23. The van der Waals surface area contributed by atoms with Gasteiger partial charge in [-0.25, -0.2) is 0 Å². The minimum atomic E-state index is -4.33. The highest BCUT2D eigenvalue weighted by molar-refractivity contribution is 8.02. The van der Waals surface area contributed by atoms with E-state index in [2.05, 4.69) is 24.3 Å². The van der Waals surface area contributed by atoms with Crippen LogP contribution in [-0.4, -0.2) is 54.2 Å². The maximum Gasteiger partial charge on any atom is 0.416 e. The quantitative estimate of drug-likeness (QED) is 0.445. The van der Waals surface area contributed by atoms with E-state index in [4.69, 9.17) is 0 Å². The second-order valence-electron chi connectivity index (χ2n) is 11.2. The number of amides is 1. The van der Waals surface area contributed by atoms with Gasteiger partial charge >= 0.3 is 6.18 Å². The van der Waals surface area contributed by atoms with Crippen molar-refractivity contribution in [2.75, 3.05) is 32.4 Å². The Labute approximate surface area is 211 Å². The van der Waals surface area contributed by atoms with Crippen LogP contribution >= 0.6 is 11.8 Å². The fraction of sp³-hybridized carbons (Fsp3) is 0.679. The number of rotatable bonds is 6. The van der Waals surface area contributed by atoms with Crippen molar-refractivity contribution in [3.05, 3.63) is 46.4 Å². The normalized spacial score (nSPS) is 33.3. The molecule has 1 amide bonds. The standard InChI is InChI=1S/C28H37F3N2OS/c1-18-25(16-32(2)24-8-6-19(7-9-24)22-11-13-35-17-22)26(18)27(34)33-12-10-21(15-33)20-4-3-5-23(14-20)28(29,30)31/h3-5,14,17-19,21,24-26H,6-13,15-16H2,1-2H3/t18-,19?,21?,24?,25+,26?/m0/s1. The molecule has 2 saturated carbocycles. The maximum absolute atomic E-state index is 13.3. The van der Waals surface area contributed by atoms with Crippen molar-refractivity contribution in [2.45, 2.75) is 63.6 Å². The molecule has 0 spiro atoms. The predicted octanol–water partition coefficient (Wildman–Crippen LogP) is 6.41. The van der Waals surface area contributed by atoms with Crippen LogP contribution in [0.15, 0.2) is 35.2 Å². The van der Waals surface area contributed by atoms with Gasteiger partial charge in [0.25, 0.3) is 0 Å². The summed E-state index contributed by atoms with van der Waals surface area (Å²) in [6.45, 7) is 4.33. The lowest BCUT2D eigenvalue weighted by molar-refractivity contribution is -0.137. The fourth-order valence-electron chi connectivity index (χ4n) is 6.72. The van der Waals surface area contributed by atoms with Crippen molar-refractivity contribution in [1.82, 2.24) is 9.80 Å². The number of nitrogens with zero attached hydrogens (tertiary/aromatic N) is 2. The minimum absolute atomic E-state index is 0.0139. The molecule has 3 nitrogen and oxygen atoms in total. The van der Waals surface area contributed by atoms with E-state index in [-0.39, 0.29) is 17.7 Å². The summed E-state index contributed by atoms with van der Waals surface area (Å²) >= 11 is 1.96. The van der Waals surface area contributed by atoms with Gasteiger partial charge in [0.2, 0.25) is 5.91 Å². The van der Waals surface area contributed by atoms with Crippen LogP contribution in [0.3, 0.4) is 0 Å². The Bertz CT molecular complexity index is 956. The Morgan fingerprint density at radius 1 is 1.14 bits per heavy atom. The molecule has 0 N–H and O–H groups in total. The van der Waals surface area contributed by atoms with Crippen LogP contribution in [0.25, 0.3) is 0 Å². The SMILES string of the molecule is C[C@@H]1C(C(=O)N2CCC(c3cccc(C(F)(F)F)c3)C2)[C@@H]1CN(C)C1CCC(C2=CSCC2)CC1. The second kappa shape index (κ2) is 10.1. The van der Waals surface area contributed by atoms with Gasteiger partial charge in [-0.3, -0.25) is 4.79 Å². The van der Waals surface area contributed by atoms with Crippen molar-refractivity contribution in [2.24, 2.45) is 23.7 Å². The number of carbonyl (C=O) groups is 1. The molecule has 2 unspecified atom stereocenters. The lowest BCUT2D eigenvalue weighted by Crippen LogP contribution is -2.37. The van der Waals surface area contributed by atoms with Crippen LogP contribution in [0.5, 0.6) is 0 Å². The fourth-order valence-corrected chi connectivity index (χ4v) is 7.71. The molecule has 2 heterocycles. The maximum atomic E-state index is 13.3. The molecule has 35 heavy (non-hydrogen) atoms. The molecule has 0 bridgehead atoms. The van der Waals surface area contributed by atoms with E-state index in [1.807, 2.05) is 16.7 Å². The van der Waals surface area contributed by atoms with Crippen LogP contribution in [0, 0.1) is 23.7 Å². The number of halogens is 3. The molecular weight excluding hydrogens is 469 g/mol. The number of allylic oxidation sites excluding steroid dienone is 1. The van der Waals surface area contributed by atoms with E-state index in [9.17, 15) is 18.0 Å². The molecule has 2 aliphatic carbocycles. The molecule has 1 saturated heterocycles. The molecule has 0 radical (unpaired) electrons. The highest BCUT2D eigenvalue weighted by atomic mass is 32.2. The lowest BCUT2D eigenvalue weighted by atomic mass is 9.80. The molecule has 3 fully saturated rings. The zero-order chi connectivity index (χ0) is 24.7. The monoisotopic (exact) mass is 506 g/mol. The number of hydrogen-bond donors (Lipinski definition) is 0. The van der Waals surface area contributed by atoms with Gasteiger partial charge in [-0.05, 0) is 80.4 Å². The highest BCUT2D eigenvalue weighted by Gasteiger charge is 2.54. The van der Waals surface area contributed by atoms with E-state index in [1.165, 1.54) is 50.0 Å². The summed E-state index contributed by atoms with van der Waals surface area (Å²) in [5.41, 5.74) is 1.76. The van der Waals surface area contributed by atoms with E-state index in [0.29, 0.717) is 36.5 Å². The summed E-state index contributed by atoms with van der Waals surface area (Å²) in [7, 11) is 2.22. The molecule has 4 atom stereocenters. The van der Waals surface area contributed by atoms with Crippen molar-refractivity contribution >= 4 is 17.7 Å². The highest BCUT2D eigenvalue weighted by Crippen LogP contribution is 2.49. The molecule has 192 valence electrons. The average Bonchev–Trinajstić information content (AvgIpc) is 3.30. The lowest BCUT2D eigenvalue weighted by Gasteiger charge is -2.35. The molecule has 1 aromatic carbocycles. The summed E-state index contributed by atoms with van der Waals surface area (Å²) in [5, 5.41) is 2.40. The third-order valence-corrected chi connectivity index (χ3v) is 10.0. The van der Waals surface area contributed by atoms with Crippen LogP contribution in [-0.2, 0) is 11.0 Å². The van der Waals surface area contributed by atoms with Gasteiger partial charge in [-0.2, -0.15) is 13.2 Å². The Hall–Kier alpha value is -1.47. The number of alkyl halides is 3. The number of carbonyl (C=O) groups excluding carboxylic acids is 1. The largest absolute Gasteiger partial charge is 0.416 e. The van der Waals surface area contributed by atoms with E-state index in [1.54, 1.807) is 11.6 Å². The van der Waals surface area contributed by atoms with Gasteiger partial charge in [0.15, 0.2) is 0 Å². The first kappa shape index (κ1) is 25.2. The Kier molecular flexibility index (Phi) is 7.28. The van der Waals surface area contributed by atoms with Gasteiger partial charge in [0.1, 0.15) is 0 Å². The summed E-state index contributed by atoms with van der Waals surface area (Å²) in [6.07, 6.45) is 2.73. The molecule has 7 heteroatoms. The van der Waals surface area contributed by atoms with Crippen molar-refractivity contribution < 1.29 is 18.0 Å². The summed E-state index contributed by atoms with van der Waals surface area (Å²) < 4.78 is 39.3. The molecular formula is C28H37F3N2OS. The van der Waals surface area contributed by atoms with E-state index in [0.717, 1.165) is 24.9 Å². The van der Waals surface area contributed by atoms with Gasteiger partial charge in [-0.15, -0.1) is 11.8 Å². The van der Waals surface area contributed by atoms with E-state index < -0.39 is 11.7 Å². The van der Waals surface area contributed by atoms with Gasteiger partial charge < -0.3 is 9.80 Å². The third-order valence-electron chi connectivity index (χ3n) is 9.12. The number of thioether (sulfide) groups is 1. The molecule has 5 rings (SSSR count). The average molecular weight is 507 g/mol. The van der Waals surface area contributed by atoms with E-state index >= 15 is 0 Å². The minimum Gasteiger partial charge on any atom is -0.342 e. The predicted molar refractivity (Wildman–Crippen MR) is 135 cm³/mol. The van der Waals surface area contributed by atoms with Crippen LogP contribution in [0.2, 0.25) is 0 Å². The Morgan fingerprint density at radius 3 is 2.60 bits per heavy atom. The zero-order valence-corrected chi connectivity index (χ0v) is 21.6.